The second-order valence-corrected chi connectivity index (χ2v) is 7.65. The van der Waals surface area contributed by atoms with Crippen molar-refractivity contribution >= 4 is 5.91 Å². The largest absolute Gasteiger partial charge is 0.497 e. The van der Waals surface area contributed by atoms with Crippen molar-refractivity contribution in [3.05, 3.63) is 101 Å². The SMILES string of the molecule is COc1ccc2c(c1)[C@@H]1c3ccccc3C(=O)N(Cc3ccccc3)[C@H]1CC2. The van der Waals surface area contributed by atoms with E-state index in [-0.39, 0.29) is 17.9 Å². The highest BCUT2D eigenvalue weighted by Gasteiger charge is 2.42. The standard InChI is InChI=1S/C25H23NO2/c1-28-19-13-11-18-12-14-23-24(22(18)15-19)20-9-5-6-10-21(20)25(27)26(23)16-17-7-3-2-4-8-17/h2-11,13,15,23-24H,12,14,16H2,1H3/t23-,24-/m0/s1. The lowest BCUT2D eigenvalue weighted by atomic mass is 9.71. The first-order chi connectivity index (χ1) is 13.8. The molecule has 0 bridgehead atoms. The van der Waals surface area contributed by atoms with E-state index in [0.29, 0.717) is 6.54 Å². The lowest BCUT2D eigenvalue weighted by molar-refractivity contribution is 0.0587. The first-order valence-electron chi connectivity index (χ1n) is 9.87. The minimum absolute atomic E-state index is 0.145. The Labute approximate surface area is 165 Å². The molecule has 0 saturated carbocycles. The Bertz CT molecular complexity index is 1030. The first kappa shape index (κ1) is 17.1. The van der Waals surface area contributed by atoms with Gasteiger partial charge >= 0.3 is 0 Å². The fourth-order valence-electron chi connectivity index (χ4n) is 4.84. The quantitative estimate of drug-likeness (QED) is 0.664. The molecule has 0 unspecified atom stereocenters. The van der Waals surface area contributed by atoms with Crippen molar-refractivity contribution in [2.45, 2.75) is 31.3 Å². The van der Waals surface area contributed by atoms with Crippen LogP contribution in [-0.4, -0.2) is 24.0 Å². The summed E-state index contributed by atoms with van der Waals surface area (Å²) in [6.45, 7) is 0.647. The molecular formula is C25H23NO2. The van der Waals surface area contributed by atoms with Gasteiger partial charge in [0.1, 0.15) is 5.75 Å². The van der Waals surface area contributed by atoms with Crippen LogP contribution in [0, 0.1) is 0 Å². The average molecular weight is 369 g/mol. The minimum atomic E-state index is 0.145. The van der Waals surface area contributed by atoms with Gasteiger partial charge in [0.05, 0.1) is 7.11 Å². The van der Waals surface area contributed by atoms with Gasteiger partial charge in [-0.15, -0.1) is 0 Å². The van der Waals surface area contributed by atoms with E-state index in [2.05, 4.69) is 35.2 Å². The Morgan fingerprint density at radius 3 is 2.57 bits per heavy atom. The van der Waals surface area contributed by atoms with Gasteiger partial charge < -0.3 is 9.64 Å². The summed E-state index contributed by atoms with van der Waals surface area (Å²) in [5.41, 5.74) is 5.82. The number of rotatable bonds is 3. The first-order valence-corrected chi connectivity index (χ1v) is 9.87. The molecule has 0 aromatic heterocycles. The summed E-state index contributed by atoms with van der Waals surface area (Å²) in [6.07, 6.45) is 1.97. The summed E-state index contributed by atoms with van der Waals surface area (Å²) >= 11 is 0. The molecule has 3 aromatic carbocycles. The predicted octanol–water partition coefficient (Wildman–Crippen LogP) is 4.80. The molecule has 2 atom stereocenters. The maximum atomic E-state index is 13.4. The van der Waals surface area contributed by atoms with E-state index in [9.17, 15) is 4.79 Å². The van der Waals surface area contributed by atoms with Crippen LogP contribution >= 0.6 is 0 Å². The van der Waals surface area contributed by atoms with Crippen LogP contribution in [-0.2, 0) is 13.0 Å². The second kappa shape index (κ2) is 6.83. The van der Waals surface area contributed by atoms with Gasteiger partial charge in [-0.3, -0.25) is 4.79 Å². The van der Waals surface area contributed by atoms with Gasteiger partial charge in [0.2, 0.25) is 0 Å². The smallest absolute Gasteiger partial charge is 0.254 e. The summed E-state index contributed by atoms with van der Waals surface area (Å²) < 4.78 is 5.51. The van der Waals surface area contributed by atoms with Gasteiger partial charge in [-0.1, -0.05) is 54.6 Å². The van der Waals surface area contributed by atoms with Crippen LogP contribution in [0.3, 0.4) is 0 Å². The third-order valence-corrected chi connectivity index (χ3v) is 6.17. The lowest BCUT2D eigenvalue weighted by Gasteiger charge is -2.45. The van der Waals surface area contributed by atoms with Crippen molar-refractivity contribution in [1.82, 2.24) is 4.90 Å². The van der Waals surface area contributed by atoms with Gasteiger partial charge in [0.25, 0.3) is 5.91 Å². The van der Waals surface area contributed by atoms with E-state index in [1.54, 1.807) is 7.11 Å². The molecule has 3 heteroatoms. The van der Waals surface area contributed by atoms with E-state index in [0.717, 1.165) is 29.7 Å². The number of nitrogens with zero attached hydrogens (tertiary/aromatic N) is 1. The summed E-state index contributed by atoms with van der Waals surface area (Å²) in [4.78, 5) is 15.5. The van der Waals surface area contributed by atoms with Crippen LogP contribution in [0.15, 0.2) is 72.8 Å². The monoisotopic (exact) mass is 369 g/mol. The molecule has 1 aliphatic carbocycles. The fourth-order valence-corrected chi connectivity index (χ4v) is 4.84. The second-order valence-electron chi connectivity index (χ2n) is 7.65. The summed E-state index contributed by atoms with van der Waals surface area (Å²) in [6, 6.07) is 25.0. The summed E-state index contributed by atoms with van der Waals surface area (Å²) in [5.74, 6) is 1.21. The van der Waals surface area contributed by atoms with E-state index in [4.69, 9.17) is 4.74 Å². The molecule has 28 heavy (non-hydrogen) atoms. The number of amides is 1. The molecule has 0 fully saturated rings. The highest BCUT2D eigenvalue weighted by atomic mass is 16.5. The molecular weight excluding hydrogens is 346 g/mol. The van der Waals surface area contributed by atoms with Gasteiger partial charge in [-0.2, -0.15) is 0 Å². The molecule has 3 nitrogen and oxygen atoms in total. The normalized spacial score (nSPS) is 20.2. The van der Waals surface area contributed by atoms with E-state index >= 15 is 0 Å². The highest BCUT2D eigenvalue weighted by molar-refractivity contribution is 5.98. The minimum Gasteiger partial charge on any atom is -0.497 e. The zero-order chi connectivity index (χ0) is 19.1. The number of carbonyl (C=O) groups excluding carboxylic acids is 1. The maximum absolute atomic E-state index is 13.4. The molecule has 5 rings (SSSR count). The van der Waals surface area contributed by atoms with Crippen molar-refractivity contribution in [2.75, 3.05) is 7.11 Å². The van der Waals surface area contributed by atoms with Gasteiger partial charge in [0.15, 0.2) is 0 Å². The topological polar surface area (TPSA) is 29.5 Å². The Morgan fingerprint density at radius 2 is 1.75 bits per heavy atom. The Morgan fingerprint density at radius 1 is 0.964 bits per heavy atom. The summed E-state index contributed by atoms with van der Waals surface area (Å²) in [7, 11) is 1.71. The molecule has 0 N–H and O–H groups in total. The molecule has 0 spiro atoms. The van der Waals surface area contributed by atoms with Crippen LogP contribution < -0.4 is 4.74 Å². The molecule has 1 amide bonds. The fraction of sp³-hybridized carbons (Fsp3) is 0.240. The number of aryl methyl sites for hydroxylation is 1. The van der Waals surface area contributed by atoms with Crippen LogP contribution in [0.5, 0.6) is 5.75 Å². The Balaban J connectivity index is 1.65. The number of fused-ring (bicyclic) bond motifs is 5. The van der Waals surface area contributed by atoms with E-state index in [1.165, 1.54) is 16.7 Å². The van der Waals surface area contributed by atoms with Crippen molar-refractivity contribution in [3.63, 3.8) is 0 Å². The zero-order valence-electron chi connectivity index (χ0n) is 16.0. The van der Waals surface area contributed by atoms with E-state index in [1.807, 2.05) is 42.5 Å². The van der Waals surface area contributed by atoms with Gasteiger partial charge in [0, 0.05) is 24.1 Å². The highest BCUT2D eigenvalue weighted by Crippen LogP contribution is 2.45. The molecule has 3 aromatic rings. The van der Waals surface area contributed by atoms with Crippen LogP contribution in [0.4, 0.5) is 0 Å². The van der Waals surface area contributed by atoms with Crippen LogP contribution in [0.1, 0.15) is 45.0 Å². The Hall–Kier alpha value is -3.07. The molecule has 140 valence electrons. The molecule has 1 heterocycles. The number of hydrogen-bond donors (Lipinski definition) is 0. The summed E-state index contributed by atoms with van der Waals surface area (Å²) in [5, 5.41) is 0. The zero-order valence-corrected chi connectivity index (χ0v) is 16.0. The molecule has 0 saturated heterocycles. The molecule has 1 aliphatic heterocycles. The predicted molar refractivity (Wildman–Crippen MR) is 110 cm³/mol. The third kappa shape index (κ3) is 2.70. The molecule has 0 radical (unpaired) electrons. The van der Waals surface area contributed by atoms with Crippen molar-refractivity contribution in [3.8, 4) is 5.75 Å². The van der Waals surface area contributed by atoms with Crippen LogP contribution in [0.2, 0.25) is 0 Å². The number of benzene rings is 3. The molecule has 2 aliphatic rings. The number of ether oxygens (including phenoxy) is 1. The lowest BCUT2D eigenvalue weighted by Crippen LogP contribution is -2.49. The number of carbonyl (C=O) groups is 1. The third-order valence-electron chi connectivity index (χ3n) is 6.17. The number of hydrogen-bond acceptors (Lipinski definition) is 2. The van der Waals surface area contributed by atoms with Gasteiger partial charge in [-0.25, -0.2) is 0 Å². The average Bonchev–Trinajstić information content (AvgIpc) is 2.76. The van der Waals surface area contributed by atoms with Crippen molar-refractivity contribution in [2.24, 2.45) is 0 Å². The van der Waals surface area contributed by atoms with Gasteiger partial charge in [-0.05, 0) is 53.3 Å². The van der Waals surface area contributed by atoms with Crippen LogP contribution in [0.25, 0.3) is 0 Å². The maximum Gasteiger partial charge on any atom is 0.254 e. The number of methoxy groups -OCH3 is 1. The Kier molecular flexibility index (Phi) is 4.16. The van der Waals surface area contributed by atoms with Crippen molar-refractivity contribution in [1.29, 1.82) is 0 Å². The van der Waals surface area contributed by atoms with E-state index < -0.39 is 0 Å². The van der Waals surface area contributed by atoms with Crippen molar-refractivity contribution < 1.29 is 9.53 Å².